The minimum Gasteiger partial charge on any atom is -0.310 e. The van der Waals surface area contributed by atoms with Crippen LogP contribution in [0.2, 0.25) is 0 Å². The van der Waals surface area contributed by atoms with E-state index in [0.29, 0.717) is 4.90 Å². The zero-order valence-electron chi connectivity index (χ0n) is 12.4. The van der Waals surface area contributed by atoms with Crippen molar-refractivity contribution in [2.45, 2.75) is 56.5 Å². The molecule has 1 aliphatic carbocycles. The van der Waals surface area contributed by atoms with Crippen molar-refractivity contribution in [2.24, 2.45) is 0 Å². The van der Waals surface area contributed by atoms with Crippen LogP contribution >= 0.6 is 0 Å². The molecule has 5 heteroatoms. The molecule has 2 rings (SSSR count). The van der Waals surface area contributed by atoms with Gasteiger partial charge in [0.1, 0.15) is 0 Å². The first-order chi connectivity index (χ1) is 9.36. The molecule has 1 atom stereocenters. The maximum absolute atomic E-state index is 12.2. The van der Waals surface area contributed by atoms with Crippen LogP contribution in [0.1, 0.15) is 51.6 Å². The largest absolute Gasteiger partial charge is 0.310 e. The van der Waals surface area contributed by atoms with Crippen LogP contribution in [0.5, 0.6) is 0 Å². The van der Waals surface area contributed by atoms with Gasteiger partial charge in [-0.15, -0.1) is 0 Å². The molecule has 20 heavy (non-hydrogen) atoms. The van der Waals surface area contributed by atoms with E-state index in [1.165, 1.54) is 0 Å². The number of sulfonamides is 1. The summed E-state index contributed by atoms with van der Waals surface area (Å²) in [4.78, 5) is 0.345. The summed E-state index contributed by atoms with van der Waals surface area (Å²) < 4.78 is 27.2. The molecule has 0 saturated heterocycles. The molecule has 1 aromatic carbocycles. The second-order valence-electron chi connectivity index (χ2n) is 5.91. The van der Waals surface area contributed by atoms with Crippen LogP contribution in [0.25, 0.3) is 0 Å². The Labute approximate surface area is 122 Å². The Balaban J connectivity index is 2.07. The SMILES string of the molecule is CCCNC(C)c1ccc(S(=O)(=O)NC2(C)CC2)cc1. The minimum atomic E-state index is -3.39. The Hall–Kier alpha value is -0.910. The first-order valence-electron chi connectivity index (χ1n) is 7.24. The van der Waals surface area contributed by atoms with Crippen molar-refractivity contribution >= 4 is 10.0 Å². The summed E-state index contributed by atoms with van der Waals surface area (Å²) in [6, 6.07) is 7.38. The van der Waals surface area contributed by atoms with E-state index in [4.69, 9.17) is 0 Å². The predicted octanol–water partition coefficient (Wildman–Crippen LogP) is 2.58. The van der Waals surface area contributed by atoms with Crippen molar-refractivity contribution in [3.05, 3.63) is 29.8 Å². The van der Waals surface area contributed by atoms with E-state index in [9.17, 15) is 8.42 Å². The number of benzene rings is 1. The Morgan fingerprint density at radius 2 is 1.85 bits per heavy atom. The Kier molecular flexibility index (Phi) is 4.52. The van der Waals surface area contributed by atoms with Crippen molar-refractivity contribution in [2.75, 3.05) is 6.54 Å². The highest BCUT2D eigenvalue weighted by Crippen LogP contribution is 2.35. The zero-order valence-corrected chi connectivity index (χ0v) is 13.3. The van der Waals surface area contributed by atoms with Crippen LogP contribution in [0, 0.1) is 0 Å². The molecule has 112 valence electrons. The summed E-state index contributed by atoms with van der Waals surface area (Å²) >= 11 is 0. The van der Waals surface area contributed by atoms with Crippen LogP contribution in [0.4, 0.5) is 0 Å². The van der Waals surface area contributed by atoms with E-state index in [2.05, 4.69) is 23.9 Å². The number of rotatable bonds is 7. The van der Waals surface area contributed by atoms with Crippen molar-refractivity contribution in [3.8, 4) is 0 Å². The molecule has 2 N–H and O–H groups in total. The van der Waals surface area contributed by atoms with Gasteiger partial charge in [0.05, 0.1) is 4.90 Å². The Morgan fingerprint density at radius 3 is 2.35 bits per heavy atom. The van der Waals surface area contributed by atoms with Gasteiger partial charge in [-0.25, -0.2) is 13.1 Å². The van der Waals surface area contributed by atoms with E-state index < -0.39 is 10.0 Å². The monoisotopic (exact) mass is 296 g/mol. The molecule has 0 spiro atoms. The Morgan fingerprint density at radius 1 is 1.25 bits per heavy atom. The normalized spacial score (nSPS) is 18.8. The van der Waals surface area contributed by atoms with E-state index in [1.54, 1.807) is 12.1 Å². The lowest BCUT2D eigenvalue weighted by Gasteiger charge is -2.15. The van der Waals surface area contributed by atoms with Gasteiger partial charge in [-0.3, -0.25) is 0 Å². The minimum absolute atomic E-state index is 0.229. The molecule has 0 bridgehead atoms. The van der Waals surface area contributed by atoms with Crippen molar-refractivity contribution in [3.63, 3.8) is 0 Å². The van der Waals surface area contributed by atoms with Crippen molar-refractivity contribution in [1.82, 2.24) is 10.0 Å². The van der Waals surface area contributed by atoms with Gasteiger partial charge in [-0.1, -0.05) is 19.1 Å². The number of hydrogen-bond donors (Lipinski definition) is 2. The summed E-state index contributed by atoms with van der Waals surface area (Å²) in [6.45, 7) is 7.11. The third kappa shape index (κ3) is 3.81. The van der Waals surface area contributed by atoms with Gasteiger partial charge in [0.2, 0.25) is 10.0 Å². The predicted molar refractivity (Wildman–Crippen MR) is 81.1 cm³/mol. The van der Waals surface area contributed by atoms with Gasteiger partial charge >= 0.3 is 0 Å². The lowest BCUT2D eigenvalue weighted by atomic mass is 10.1. The van der Waals surface area contributed by atoms with Crippen LogP contribution in [-0.4, -0.2) is 20.5 Å². The van der Waals surface area contributed by atoms with E-state index in [1.807, 2.05) is 19.1 Å². The molecule has 1 fully saturated rings. The fraction of sp³-hybridized carbons (Fsp3) is 0.600. The van der Waals surface area contributed by atoms with Gasteiger partial charge in [0.15, 0.2) is 0 Å². The Bertz CT molecular complexity index is 548. The maximum Gasteiger partial charge on any atom is 0.241 e. The van der Waals surface area contributed by atoms with E-state index >= 15 is 0 Å². The average Bonchev–Trinajstić information content (AvgIpc) is 3.12. The molecule has 0 radical (unpaired) electrons. The van der Waals surface area contributed by atoms with Crippen molar-refractivity contribution < 1.29 is 8.42 Å². The fourth-order valence-corrected chi connectivity index (χ4v) is 3.55. The van der Waals surface area contributed by atoms with E-state index in [0.717, 1.165) is 31.4 Å². The van der Waals surface area contributed by atoms with Crippen molar-refractivity contribution in [1.29, 1.82) is 0 Å². The highest BCUT2D eigenvalue weighted by molar-refractivity contribution is 7.89. The quantitative estimate of drug-likeness (QED) is 0.813. The molecule has 0 aromatic heterocycles. The zero-order chi connectivity index (χ0) is 14.8. The summed E-state index contributed by atoms with van der Waals surface area (Å²) in [7, 11) is -3.39. The maximum atomic E-state index is 12.2. The smallest absolute Gasteiger partial charge is 0.241 e. The van der Waals surface area contributed by atoms with E-state index in [-0.39, 0.29) is 11.6 Å². The number of nitrogens with one attached hydrogen (secondary N) is 2. The average molecular weight is 296 g/mol. The summed E-state index contributed by atoms with van der Waals surface area (Å²) in [5.41, 5.74) is 0.878. The molecule has 4 nitrogen and oxygen atoms in total. The van der Waals surface area contributed by atoms with Gasteiger partial charge in [-0.2, -0.15) is 0 Å². The summed E-state index contributed by atoms with van der Waals surface area (Å²) in [6.07, 6.45) is 2.92. The van der Waals surface area contributed by atoms with Gasteiger partial charge < -0.3 is 5.32 Å². The third-order valence-electron chi connectivity index (χ3n) is 3.77. The molecule has 1 saturated carbocycles. The second-order valence-corrected chi connectivity index (χ2v) is 7.59. The van der Waals surface area contributed by atoms with Crippen LogP contribution < -0.4 is 10.0 Å². The lowest BCUT2D eigenvalue weighted by molar-refractivity contribution is 0.557. The molecule has 0 amide bonds. The molecule has 0 aliphatic heterocycles. The number of hydrogen-bond acceptors (Lipinski definition) is 3. The summed E-state index contributed by atoms with van der Waals surface area (Å²) in [5, 5.41) is 3.39. The molecular weight excluding hydrogens is 272 g/mol. The standard InChI is InChI=1S/C15H24N2O2S/c1-4-11-16-12(2)13-5-7-14(8-6-13)20(18,19)17-15(3)9-10-15/h5-8,12,16-17H,4,9-11H2,1-3H3. The first-order valence-corrected chi connectivity index (χ1v) is 8.72. The third-order valence-corrected chi connectivity index (χ3v) is 5.43. The second kappa shape index (κ2) is 5.84. The fourth-order valence-electron chi connectivity index (χ4n) is 2.09. The lowest BCUT2D eigenvalue weighted by Crippen LogP contribution is -2.34. The molecular formula is C15H24N2O2S. The summed E-state index contributed by atoms with van der Waals surface area (Å²) in [5.74, 6) is 0. The van der Waals surface area contributed by atoms with Gasteiger partial charge in [0, 0.05) is 11.6 Å². The topological polar surface area (TPSA) is 58.2 Å². The van der Waals surface area contributed by atoms with Gasteiger partial charge in [-0.05, 0) is 57.4 Å². The molecule has 0 heterocycles. The molecule has 1 aliphatic rings. The highest BCUT2D eigenvalue weighted by Gasteiger charge is 2.41. The first kappa shape index (κ1) is 15.5. The molecule has 1 unspecified atom stereocenters. The van der Waals surface area contributed by atoms with Crippen LogP contribution in [-0.2, 0) is 10.0 Å². The highest BCUT2D eigenvalue weighted by atomic mass is 32.2. The van der Waals surface area contributed by atoms with Crippen LogP contribution in [0.3, 0.4) is 0 Å². The molecule has 1 aromatic rings. The van der Waals surface area contributed by atoms with Crippen LogP contribution in [0.15, 0.2) is 29.2 Å². The van der Waals surface area contributed by atoms with Gasteiger partial charge in [0.25, 0.3) is 0 Å².